The van der Waals surface area contributed by atoms with Crippen molar-refractivity contribution in [1.29, 1.82) is 0 Å². The molecular formula is C30H29NO4. The Labute approximate surface area is 205 Å². The summed E-state index contributed by atoms with van der Waals surface area (Å²) in [6, 6.07) is 17.6. The van der Waals surface area contributed by atoms with Crippen molar-refractivity contribution in [2.24, 2.45) is 0 Å². The Morgan fingerprint density at radius 1 is 0.914 bits per heavy atom. The first-order valence-electron chi connectivity index (χ1n) is 12.1. The molecule has 5 rings (SSSR count). The van der Waals surface area contributed by atoms with Gasteiger partial charge in [-0.1, -0.05) is 48.0 Å². The summed E-state index contributed by atoms with van der Waals surface area (Å²) in [5.74, 6) is -1.39. The number of nitrogens with zero attached hydrogens (tertiary/aromatic N) is 1. The minimum absolute atomic E-state index is 0.0850. The first kappa shape index (κ1) is 22.9. The van der Waals surface area contributed by atoms with E-state index in [0.717, 1.165) is 42.4 Å². The van der Waals surface area contributed by atoms with Crippen LogP contribution in [0.3, 0.4) is 0 Å². The van der Waals surface area contributed by atoms with E-state index in [1.165, 1.54) is 28.2 Å². The summed E-state index contributed by atoms with van der Waals surface area (Å²) < 4.78 is 0. The molecule has 5 nitrogen and oxygen atoms in total. The molecule has 5 heteroatoms. The Morgan fingerprint density at radius 3 is 2.37 bits per heavy atom. The molecule has 2 N–H and O–H groups in total. The van der Waals surface area contributed by atoms with E-state index >= 15 is 0 Å². The maximum Gasteiger partial charge on any atom is 0.295 e. The number of carbonyl (C=O) groups excluding carboxylic acids is 2. The van der Waals surface area contributed by atoms with Crippen molar-refractivity contribution in [2.75, 3.05) is 0 Å². The molecule has 0 aromatic heterocycles. The molecule has 1 atom stereocenters. The van der Waals surface area contributed by atoms with Crippen LogP contribution in [0.4, 0.5) is 0 Å². The number of phenols is 1. The molecule has 1 unspecified atom stereocenters. The number of aryl methyl sites for hydroxylation is 4. The van der Waals surface area contributed by atoms with E-state index in [4.69, 9.17) is 0 Å². The molecule has 0 bridgehead atoms. The van der Waals surface area contributed by atoms with Crippen molar-refractivity contribution < 1.29 is 19.8 Å². The van der Waals surface area contributed by atoms with Gasteiger partial charge < -0.3 is 15.1 Å². The van der Waals surface area contributed by atoms with Crippen LogP contribution in [0.25, 0.3) is 5.76 Å². The van der Waals surface area contributed by atoms with E-state index < -0.39 is 17.7 Å². The molecular weight excluding hydrogens is 438 g/mol. The topological polar surface area (TPSA) is 77.8 Å². The molecule has 1 heterocycles. The summed E-state index contributed by atoms with van der Waals surface area (Å²) in [6.45, 7) is 4.21. The van der Waals surface area contributed by atoms with Gasteiger partial charge in [0.25, 0.3) is 11.7 Å². The number of aromatic hydroxyl groups is 1. The zero-order chi connectivity index (χ0) is 24.7. The van der Waals surface area contributed by atoms with Crippen LogP contribution in [0.5, 0.6) is 5.75 Å². The Morgan fingerprint density at radius 2 is 1.63 bits per heavy atom. The molecule has 3 aromatic carbocycles. The average Bonchev–Trinajstić information content (AvgIpc) is 3.11. The molecule has 35 heavy (non-hydrogen) atoms. The zero-order valence-electron chi connectivity index (χ0n) is 20.0. The van der Waals surface area contributed by atoms with Crippen molar-refractivity contribution in [3.05, 3.63) is 105 Å². The largest absolute Gasteiger partial charge is 0.508 e. The lowest BCUT2D eigenvalue weighted by molar-refractivity contribution is -0.140. The van der Waals surface area contributed by atoms with Crippen molar-refractivity contribution in [1.82, 2.24) is 4.90 Å². The molecule has 0 spiro atoms. The fourth-order valence-electron chi connectivity index (χ4n) is 5.24. The van der Waals surface area contributed by atoms with Gasteiger partial charge >= 0.3 is 0 Å². The lowest BCUT2D eigenvalue weighted by atomic mass is 9.88. The van der Waals surface area contributed by atoms with E-state index in [2.05, 4.69) is 0 Å². The van der Waals surface area contributed by atoms with Crippen LogP contribution in [-0.2, 0) is 29.0 Å². The average molecular weight is 468 g/mol. The number of Topliss-reactive ketones (excluding diaryl/α,β-unsaturated/α-hetero) is 1. The van der Waals surface area contributed by atoms with E-state index in [1.807, 2.05) is 50.2 Å². The second-order valence-electron chi connectivity index (χ2n) is 9.64. The van der Waals surface area contributed by atoms with Gasteiger partial charge in [0.05, 0.1) is 11.6 Å². The van der Waals surface area contributed by atoms with Gasteiger partial charge in [-0.15, -0.1) is 0 Å². The summed E-state index contributed by atoms with van der Waals surface area (Å²) in [6.07, 6.45) is 4.22. The minimum Gasteiger partial charge on any atom is -0.508 e. The van der Waals surface area contributed by atoms with Gasteiger partial charge in [-0.05, 0) is 85.5 Å². The minimum atomic E-state index is -0.758. The Hall–Kier alpha value is -3.86. The number of phenolic OH excluding ortho intramolecular Hbond substituents is 1. The number of amides is 1. The predicted octanol–water partition coefficient (Wildman–Crippen LogP) is 5.51. The first-order valence-corrected chi connectivity index (χ1v) is 12.1. The monoisotopic (exact) mass is 467 g/mol. The fourth-order valence-corrected chi connectivity index (χ4v) is 5.24. The van der Waals surface area contributed by atoms with Gasteiger partial charge in [-0.3, -0.25) is 9.59 Å². The quantitative estimate of drug-likeness (QED) is 0.301. The molecule has 2 aliphatic rings. The van der Waals surface area contributed by atoms with E-state index in [9.17, 15) is 19.8 Å². The van der Waals surface area contributed by atoms with Gasteiger partial charge in [0.15, 0.2) is 0 Å². The third-order valence-corrected chi connectivity index (χ3v) is 7.22. The number of hydrogen-bond donors (Lipinski definition) is 2. The highest BCUT2D eigenvalue weighted by Crippen LogP contribution is 2.41. The Kier molecular flexibility index (Phi) is 5.93. The zero-order valence-corrected chi connectivity index (χ0v) is 20.0. The van der Waals surface area contributed by atoms with Crippen LogP contribution in [-0.4, -0.2) is 26.8 Å². The Bertz CT molecular complexity index is 1350. The predicted molar refractivity (Wildman–Crippen MR) is 135 cm³/mol. The lowest BCUT2D eigenvalue weighted by Gasteiger charge is -2.26. The maximum atomic E-state index is 13.4. The van der Waals surface area contributed by atoms with Crippen LogP contribution < -0.4 is 0 Å². The third kappa shape index (κ3) is 4.23. The number of hydrogen-bond acceptors (Lipinski definition) is 4. The molecule has 1 aliphatic heterocycles. The number of ketones is 1. The summed E-state index contributed by atoms with van der Waals surface area (Å²) in [5.41, 5.74) is 6.80. The molecule has 1 aliphatic carbocycles. The van der Waals surface area contributed by atoms with E-state index in [-0.39, 0.29) is 23.6 Å². The van der Waals surface area contributed by atoms with Gasteiger partial charge in [0.2, 0.25) is 0 Å². The van der Waals surface area contributed by atoms with Crippen LogP contribution in [0.15, 0.2) is 66.2 Å². The summed E-state index contributed by atoms with van der Waals surface area (Å²) >= 11 is 0. The van der Waals surface area contributed by atoms with Crippen molar-refractivity contribution in [3.8, 4) is 5.75 Å². The van der Waals surface area contributed by atoms with Crippen LogP contribution in [0, 0.1) is 13.8 Å². The maximum absolute atomic E-state index is 13.4. The summed E-state index contributed by atoms with van der Waals surface area (Å²) in [7, 11) is 0. The highest BCUT2D eigenvalue weighted by Gasteiger charge is 2.46. The summed E-state index contributed by atoms with van der Waals surface area (Å²) in [4.78, 5) is 28.2. The fraction of sp³-hybridized carbons (Fsp3) is 0.267. The van der Waals surface area contributed by atoms with Crippen LogP contribution >= 0.6 is 0 Å². The smallest absolute Gasteiger partial charge is 0.295 e. The standard InChI is InChI=1S/C30H29NO4/c1-18-7-8-19(2)24(15-18)17-31-27(21-11-13-25(32)14-12-21)26(29(34)30(31)35)28(33)23-10-9-20-5-3-4-6-22(20)16-23/h7-16,27,32-33H,3-6,17H2,1-2H3/b28-26-. The first-order chi connectivity index (χ1) is 16.8. The SMILES string of the molecule is Cc1ccc(C)c(CN2C(=O)C(=O)/C(=C(\O)c3ccc4c(c3)CCCC4)C2c2ccc(O)cc2)c1. The normalized spacial score (nSPS) is 19.1. The molecule has 0 radical (unpaired) electrons. The van der Waals surface area contributed by atoms with Gasteiger partial charge in [-0.2, -0.15) is 0 Å². The number of aliphatic hydroxyl groups is 1. The van der Waals surface area contributed by atoms with Gasteiger partial charge in [-0.25, -0.2) is 0 Å². The number of carbonyl (C=O) groups is 2. The number of likely N-dealkylation sites (tertiary alicyclic amines) is 1. The molecule has 0 saturated carbocycles. The highest BCUT2D eigenvalue weighted by atomic mass is 16.3. The molecule has 1 fully saturated rings. The van der Waals surface area contributed by atoms with Crippen molar-refractivity contribution >= 4 is 17.4 Å². The van der Waals surface area contributed by atoms with E-state index in [1.54, 1.807) is 12.1 Å². The number of benzene rings is 3. The van der Waals surface area contributed by atoms with Crippen LogP contribution in [0.1, 0.15) is 57.8 Å². The van der Waals surface area contributed by atoms with Crippen molar-refractivity contribution in [2.45, 2.75) is 52.1 Å². The molecule has 1 saturated heterocycles. The van der Waals surface area contributed by atoms with Crippen molar-refractivity contribution in [3.63, 3.8) is 0 Å². The van der Waals surface area contributed by atoms with Gasteiger partial charge in [0.1, 0.15) is 11.5 Å². The molecule has 3 aromatic rings. The Balaban J connectivity index is 1.64. The van der Waals surface area contributed by atoms with Gasteiger partial charge in [0, 0.05) is 12.1 Å². The summed E-state index contributed by atoms with van der Waals surface area (Å²) in [5, 5.41) is 21.2. The third-order valence-electron chi connectivity index (χ3n) is 7.22. The number of fused-ring (bicyclic) bond motifs is 1. The van der Waals surface area contributed by atoms with E-state index in [0.29, 0.717) is 11.1 Å². The van der Waals surface area contributed by atoms with Crippen LogP contribution in [0.2, 0.25) is 0 Å². The number of rotatable bonds is 4. The second-order valence-corrected chi connectivity index (χ2v) is 9.64. The second kappa shape index (κ2) is 9.06. The molecule has 178 valence electrons. The number of aliphatic hydroxyl groups excluding tert-OH is 1. The highest BCUT2D eigenvalue weighted by molar-refractivity contribution is 6.46. The molecule has 1 amide bonds. The lowest BCUT2D eigenvalue weighted by Crippen LogP contribution is -2.29.